The van der Waals surface area contributed by atoms with Crippen molar-refractivity contribution in [2.75, 3.05) is 5.75 Å². The standard InChI is InChI=1S/C18H29N7O6S/c1-8(2)14(18(30)31)25-17(29)11(3-9-5-21-7-22-9)24-16(28)12(4-13(20)26)23-15(27)10(19)6-32/h5,7-8,10-12,14,32H,3-4,6,19H2,1-2H3,(H2,20,26)(H,21,22)(H,23,27)(H,24,28)(H,25,29)(H,30,31). The number of nitrogens with one attached hydrogen (secondary N) is 4. The molecule has 0 radical (unpaired) electrons. The van der Waals surface area contributed by atoms with Crippen LogP contribution in [0.1, 0.15) is 26.0 Å². The third-order valence-corrected chi connectivity index (χ3v) is 4.81. The van der Waals surface area contributed by atoms with E-state index in [1.54, 1.807) is 13.8 Å². The Hall–Kier alpha value is -3.13. The predicted molar refractivity (Wildman–Crippen MR) is 116 cm³/mol. The maximum Gasteiger partial charge on any atom is 0.326 e. The molecule has 14 heteroatoms. The SMILES string of the molecule is CC(C)C(NC(=O)C(Cc1cnc[nH]1)NC(=O)C(CC(N)=O)NC(=O)C(N)CS)C(=O)O. The largest absolute Gasteiger partial charge is 0.480 e. The van der Waals surface area contributed by atoms with E-state index in [2.05, 4.69) is 38.5 Å². The minimum Gasteiger partial charge on any atom is -0.480 e. The zero-order chi connectivity index (χ0) is 24.4. The number of rotatable bonds is 13. The number of aliphatic carboxylic acids is 1. The molecule has 4 atom stereocenters. The molecule has 0 fully saturated rings. The fourth-order valence-electron chi connectivity index (χ4n) is 2.64. The number of carbonyl (C=O) groups excluding carboxylic acids is 4. The fourth-order valence-corrected chi connectivity index (χ4v) is 2.80. The number of nitrogens with zero attached hydrogens (tertiary/aromatic N) is 1. The molecule has 0 spiro atoms. The molecule has 0 aliphatic carbocycles. The molecule has 32 heavy (non-hydrogen) atoms. The quantitative estimate of drug-likeness (QED) is 0.141. The highest BCUT2D eigenvalue weighted by atomic mass is 32.1. The van der Waals surface area contributed by atoms with E-state index in [-0.39, 0.29) is 12.2 Å². The van der Waals surface area contributed by atoms with Gasteiger partial charge in [0.05, 0.1) is 18.8 Å². The van der Waals surface area contributed by atoms with Crippen molar-refractivity contribution in [3.05, 3.63) is 18.2 Å². The van der Waals surface area contributed by atoms with Crippen LogP contribution in [0.25, 0.3) is 0 Å². The number of hydrogen-bond acceptors (Lipinski definition) is 8. The molecule has 4 amide bonds. The number of primary amides is 1. The number of H-pyrrole nitrogens is 1. The highest BCUT2D eigenvalue weighted by Gasteiger charge is 2.32. The summed E-state index contributed by atoms with van der Waals surface area (Å²) in [5, 5.41) is 16.5. The normalized spacial score (nSPS) is 14.7. The van der Waals surface area contributed by atoms with Crippen LogP contribution in [0, 0.1) is 5.92 Å². The zero-order valence-electron chi connectivity index (χ0n) is 17.7. The summed E-state index contributed by atoms with van der Waals surface area (Å²) in [5.74, 6) is -4.92. The zero-order valence-corrected chi connectivity index (χ0v) is 18.6. The summed E-state index contributed by atoms with van der Waals surface area (Å²) < 4.78 is 0. The van der Waals surface area contributed by atoms with E-state index in [1.807, 2.05) is 0 Å². The number of imidazole rings is 1. The van der Waals surface area contributed by atoms with Gasteiger partial charge in [-0.05, 0) is 5.92 Å². The van der Waals surface area contributed by atoms with Crippen LogP contribution in [0.3, 0.4) is 0 Å². The van der Waals surface area contributed by atoms with Crippen molar-refractivity contribution in [3.8, 4) is 0 Å². The number of nitrogens with two attached hydrogens (primary N) is 2. The lowest BCUT2D eigenvalue weighted by Gasteiger charge is -2.25. The molecule has 13 nitrogen and oxygen atoms in total. The van der Waals surface area contributed by atoms with E-state index in [0.29, 0.717) is 5.69 Å². The van der Waals surface area contributed by atoms with Crippen molar-refractivity contribution < 1.29 is 29.1 Å². The van der Waals surface area contributed by atoms with Gasteiger partial charge in [-0.25, -0.2) is 9.78 Å². The number of hydrogen-bond donors (Lipinski definition) is 8. The van der Waals surface area contributed by atoms with Gasteiger partial charge in [0, 0.05) is 24.1 Å². The van der Waals surface area contributed by atoms with Crippen molar-refractivity contribution in [1.29, 1.82) is 0 Å². The van der Waals surface area contributed by atoms with E-state index in [4.69, 9.17) is 11.5 Å². The first-order valence-electron chi connectivity index (χ1n) is 9.72. The van der Waals surface area contributed by atoms with Crippen LogP contribution < -0.4 is 27.4 Å². The summed E-state index contributed by atoms with van der Waals surface area (Å²) in [6, 6.07) is -4.87. The van der Waals surface area contributed by atoms with Crippen molar-refractivity contribution in [3.63, 3.8) is 0 Å². The van der Waals surface area contributed by atoms with Crippen LogP contribution in [0.15, 0.2) is 12.5 Å². The fraction of sp³-hybridized carbons (Fsp3) is 0.556. The lowest BCUT2D eigenvalue weighted by molar-refractivity contribution is -0.143. The Balaban J connectivity index is 3.07. The molecule has 1 heterocycles. The van der Waals surface area contributed by atoms with Crippen molar-refractivity contribution in [2.45, 2.75) is 50.9 Å². The number of carbonyl (C=O) groups is 5. The lowest BCUT2D eigenvalue weighted by atomic mass is 10.0. The van der Waals surface area contributed by atoms with Crippen LogP contribution in [-0.2, 0) is 30.4 Å². The molecule has 0 aliphatic rings. The van der Waals surface area contributed by atoms with E-state index in [9.17, 15) is 29.1 Å². The second-order valence-electron chi connectivity index (χ2n) is 7.43. The number of aromatic nitrogens is 2. The predicted octanol–water partition coefficient (Wildman–Crippen LogP) is -2.72. The lowest BCUT2D eigenvalue weighted by Crippen LogP contribution is -2.58. The third-order valence-electron chi connectivity index (χ3n) is 4.41. The Morgan fingerprint density at radius 1 is 1.09 bits per heavy atom. The van der Waals surface area contributed by atoms with Crippen LogP contribution in [-0.4, -0.2) is 74.6 Å². The molecule has 178 valence electrons. The average molecular weight is 472 g/mol. The van der Waals surface area contributed by atoms with Gasteiger partial charge in [0.2, 0.25) is 23.6 Å². The summed E-state index contributed by atoms with van der Waals surface area (Å²) in [6.45, 7) is 3.23. The molecular formula is C18H29N7O6S. The Kier molecular flexibility index (Phi) is 10.6. The van der Waals surface area contributed by atoms with Crippen molar-refractivity contribution in [1.82, 2.24) is 25.9 Å². The molecular weight excluding hydrogens is 442 g/mol. The Labute approximate surface area is 189 Å². The van der Waals surface area contributed by atoms with Gasteiger partial charge in [0.1, 0.15) is 18.1 Å². The first-order chi connectivity index (χ1) is 15.0. The summed E-state index contributed by atoms with van der Waals surface area (Å²) in [5.41, 5.74) is 11.2. The van der Waals surface area contributed by atoms with Crippen LogP contribution in [0.4, 0.5) is 0 Å². The Bertz CT molecular complexity index is 817. The van der Waals surface area contributed by atoms with Gasteiger partial charge in [0.25, 0.3) is 0 Å². The van der Waals surface area contributed by atoms with Gasteiger partial charge in [-0.2, -0.15) is 12.6 Å². The number of carboxylic acids is 1. The van der Waals surface area contributed by atoms with Gasteiger partial charge >= 0.3 is 5.97 Å². The summed E-state index contributed by atoms with van der Waals surface area (Å²) >= 11 is 3.91. The summed E-state index contributed by atoms with van der Waals surface area (Å²) in [4.78, 5) is 67.1. The van der Waals surface area contributed by atoms with Gasteiger partial charge in [-0.3, -0.25) is 19.2 Å². The first kappa shape index (κ1) is 26.9. The molecule has 1 rings (SSSR count). The molecule has 0 bridgehead atoms. The molecule has 1 aromatic rings. The molecule has 0 aromatic carbocycles. The van der Waals surface area contributed by atoms with E-state index in [1.165, 1.54) is 12.5 Å². The third kappa shape index (κ3) is 8.55. The molecule has 1 aromatic heterocycles. The van der Waals surface area contributed by atoms with E-state index in [0.717, 1.165) is 0 Å². The minimum atomic E-state index is -1.40. The van der Waals surface area contributed by atoms with Crippen LogP contribution >= 0.6 is 12.6 Å². The second-order valence-corrected chi connectivity index (χ2v) is 7.80. The Morgan fingerprint density at radius 2 is 1.69 bits per heavy atom. The Morgan fingerprint density at radius 3 is 2.16 bits per heavy atom. The monoisotopic (exact) mass is 471 g/mol. The van der Waals surface area contributed by atoms with E-state index >= 15 is 0 Å². The molecule has 9 N–H and O–H groups in total. The summed E-state index contributed by atoms with van der Waals surface area (Å²) in [6.07, 6.45) is 2.20. The van der Waals surface area contributed by atoms with E-state index < -0.39 is 66.1 Å². The molecule has 0 aliphatic heterocycles. The van der Waals surface area contributed by atoms with Crippen LogP contribution in [0.2, 0.25) is 0 Å². The number of carboxylic acid groups (broad SMARTS) is 1. The maximum absolute atomic E-state index is 12.8. The smallest absolute Gasteiger partial charge is 0.326 e. The molecule has 4 unspecified atom stereocenters. The second kappa shape index (κ2) is 12.7. The molecule has 0 saturated heterocycles. The van der Waals surface area contributed by atoms with Gasteiger partial charge in [0.15, 0.2) is 0 Å². The number of amides is 4. The van der Waals surface area contributed by atoms with Gasteiger partial charge < -0.3 is 37.5 Å². The van der Waals surface area contributed by atoms with Gasteiger partial charge in [-0.1, -0.05) is 13.8 Å². The number of aromatic amines is 1. The minimum absolute atomic E-state index is 0.00657. The van der Waals surface area contributed by atoms with Gasteiger partial charge in [-0.15, -0.1) is 0 Å². The molecule has 0 saturated carbocycles. The maximum atomic E-state index is 12.8. The van der Waals surface area contributed by atoms with Crippen LogP contribution in [0.5, 0.6) is 0 Å². The average Bonchev–Trinajstić information content (AvgIpc) is 3.22. The van der Waals surface area contributed by atoms with Crippen molar-refractivity contribution in [2.24, 2.45) is 17.4 Å². The summed E-state index contributed by atoms with van der Waals surface area (Å²) in [7, 11) is 0. The van der Waals surface area contributed by atoms with Crippen molar-refractivity contribution >= 4 is 42.2 Å². The highest BCUT2D eigenvalue weighted by Crippen LogP contribution is 2.06. The highest BCUT2D eigenvalue weighted by molar-refractivity contribution is 7.80. The topological polar surface area (TPSA) is 222 Å². The number of thiol groups is 1. The first-order valence-corrected chi connectivity index (χ1v) is 10.3.